The highest BCUT2D eigenvalue weighted by Crippen LogP contribution is 2.44. The third-order valence-corrected chi connectivity index (χ3v) is 14.4. The van der Waals surface area contributed by atoms with Crippen LogP contribution in [-0.2, 0) is 9.84 Å². The van der Waals surface area contributed by atoms with E-state index in [2.05, 4.69) is 61.1 Å². The highest BCUT2D eigenvalue weighted by Gasteiger charge is 2.48. The van der Waals surface area contributed by atoms with Crippen LogP contribution >= 0.6 is 23.5 Å². The number of carbonyl (C=O) groups excluding carboxylic acids is 1. The largest absolute Gasteiger partial charge is 0.501 e. The summed E-state index contributed by atoms with van der Waals surface area (Å²) in [6, 6.07) is 20.7. The molecule has 0 bridgehead atoms. The number of halogens is 4. The van der Waals surface area contributed by atoms with Crippen LogP contribution < -0.4 is 25.0 Å². The Balaban J connectivity index is 0.00000302. The van der Waals surface area contributed by atoms with Crippen LogP contribution in [0.25, 0.3) is 16.6 Å². The monoisotopic (exact) mass is 937 g/mol. The lowest BCUT2D eigenvalue weighted by Crippen LogP contribution is -2.47. The number of nitrogens with zero attached hydrogens (tertiary/aromatic N) is 3. The molecule has 2 aromatic heterocycles. The third kappa shape index (κ3) is 11.2. The summed E-state index contributed by atoms with van der Waals surface area (Å²) in [5.74, 6) is 0.0683. The van der Waals surface area contributed by atoms with E-state index in [0.29, 0.717) is 49.3 Å². The van der Waals surface area contributed by atoms with Gasteiger partial charge >= 0.3 is 5.51 Å². The summed E-state index contributed by atoms with van der Waals surface area (Å²) in [4.78, 5) is 25.3. The number of amides is 1. The lowest BCUT2D eigenvalue weighted by molar-refractivity contribution is -0.0435. The van der Waals surface area contributed by atoms with Gasteiger partial charge in [0.05, 0.1) is 17.4 Å². The van der Waals surface area contributed by atoms with Gasteiger partial charge in [-0.25, -0.2) is 13.4 Å². The number of benzene rings is 3. The maximum Gasteiger partial charge on any atom is 0.501 e. The fraction of sp³-hybridized carbons (Fsp3) is 0.404. The van der Waals surface area contributed by atoms with Gasteiger partial charge in [-0.15, -0.1) is 0 Å². The second kappa shape index (κ2) is 20.2. The molecule has 5 aromatic rings. The first-order valence-electron chi connectivity index (χ1n) is 21.7. The number of anilines is 2. The van der Waals surface area contributed by atoms with Crippen molar-refractivity contribution >= 4 is 67.3 Å². The number of hydrogen-bond donors (Lipinski definition) is 4. The number of ether oxygens (including phenoxy) is 1. The van der Waals surface area contributed by atoms with Crippen molar-refractivity contribution in [3.8, 4) is 11.5 Å². The topological polar surface area (TPSA) is 132 Å². The van der Waals surface area contributed by atoms with Crippen LogP contribution in [0.15, 0.2) is 101 Å². The SMILES string of the molecule is CC.CC1(C)CCC(CN2CCN(c3ccc(C(=O)NSc4ccc(NC5CCNCC5)c(S(=O)(=O)C(F)(F)F)c4)c(Oc4cnc5[nH]ccc5c4)c3)CC2)=C(c2ccc(Cl)cc2)C1. The minimum atomic E-state index is -5.72. The lowest BCUT2D eigenvalue weighted by Gasteiger charge is -2.39. The molecule has 1 amide bonds. The number of hydrogen-bond acceptors (Lipinski definition) is 10. The van der Waals surface area contributed by atoms with Crippen molar-refractivity contribution in [2.24, 2.45) is 5.41 Å². The van der Waals surface area contributed by atoms with Crippen molar-refractivity contribution in [1.29, 1.82) is 0 Å². The summed E-state index contributed by atoms with van der Waals surface area (Å²) in [7, 11) is -5.72. The Morgan fingerprint density at radius 2 is 1.72 bits per heavy atom. The molecule has 0 spiro atoms. The minimum Gasteiger partial charge on any atom is -0.455 e. The van der Waals surface area contributed by atoms with E-state index < -0.39 is 26.1 Å². The molecular formula is C47H55ClF3N7O4S2. The zero-order valence-corrected chi connectivity index (χ0v) is 38.8. The summed E-state index contributed by atoms with van der Waals surface area (Å²) >= 11 is 6.95. The molecule has 4 N–H and O–H groups in total. The van der Waals surface area contributed by atoms with Gasteiger partial charge in [-0.05, 0) is 128 Å². The molecule has 0 unspecified atom stereocenters. The van der Waals surface area contributed by atoms with Gasteiger partial charge in [-0.1, -0.05) is 57.0 Å². The molecule has 0 saturated carbocycles. The molecule has 64 heavy (non-hydrogen) atoms. The predicted octanol–water partition coefficient (Wildman–Crippen LogP) is 10.7. The summed E-state index contributed by atoms with van der Waals surface area (Å²) < 4.78 is 76.3. The average Bonchev–Trinajstić information content (AvgIpc) is 3.76. The molecule has 8 rings (SSSR count). The van der Waals surface area contributed by atoms with Crippen LogP contribution in [0.4, 0.5) is 24.5 Å². The Morgan fingerprint density at radius 3 is 2.44 bits per heavy atom. The number of piperidine rings is 1. The zero-order valence-electron chi connectivity index (χ0n) is 36.4. The molecule has 3 aromatic carbocycles. The number of allylic oxidation sites excluding steroid dienone is 1. The molecule has 2 aliphatic heterocycles. The zero-order chi connectivity index (χ0) is 45.6. The van der Waals surface area contributed by atoms with Crippen LogP contribution in [0.2, 0.25) is 5.02 Å². The van der Waals surface area contributed by atoms with Crippen molar-refractivity contribution in [2.45, 2.75) is 81.1 Å². The van der Waals surface area contributed by atoms with Crippen molar-refractivity contribution in [3.63, 3.8) is 0 Å². The Morgan fingerprint density at radius 1 is 0.984 bits per heavy atom. The van der Waals surface area contributed by atoms with Gasteiger partial charge in [0.15, 0.2) is 0 Å². The Bertz CT molecular complexity index is 2570. The van der Waals surface area contributed by atoms with E-state index in [9.17, 15) is 26.4 Å². The van der Waals surface area contributed by atoms with Crippen molar-refractivity contribution in [2.75, 3.05) is 56.0 Å². The van der Waals surface area contributed by atoms with Crippen LogP contribution in [-0.4, -0.2) is 86.6 Å². The summed E-state index contributed by atoms with van der Waals surface area (Å²) in [6.45, 7) is 14.0. The number of H-pyrrole nitrogens is 1. The normalized spacial score (nSPS) is 17.5. The Kier molecular flexibility index (Phi) is 14.9. The van der Waals surface area contributed by atoms with Crippen molar-refractivity contribution in [1.82, 2.24) is 24.9 Å². The fourth-order valence-electron chi connectivity index (χ4n) is 8.36. The lowest BCUT2D eigenvalue weighted by atomic mass is 9.72. The quantitative estimate of drug-likeness (QED) is 0.0897. The van der Waals surface area contributed by atoms with E-state index in [1.165, 1.54) is 28.8 Å². The molecule has 2 saturated heterocycles. The number of piperazine rings is 1. The van der Waals surface area contributed by atoms with Crippen LogP contribution in [0.3, 0.4) is 0 Å². The molecule has 0 radical (unpaired) electrons. The number of aromatic amines is 1. The summed E-state index contributed by atoms with van der Waals surface area (Å²) in [6.07, 6.45) is 7.77. The van der Waals surface area contributed by atoms with Gasteiger partial charge in [0, 0.05) is 72.0 Å². The standard InChI is InChI=1S/C45H49ClF3N7O4S2.C2H6/c1-44(2)15-11-31(38(26-44)29-3-5-32(46)6-4-29)28-55-19-21-56(22-20-55)34-7-9-37(40(24-34)60-35-23-30-12-18-51-42(30)52-27-35)43(57)54-61-36-8-10-39(53-33-13-16-50-17-14-33)41(25-36)62(58,59)45(47,48)49;1-2/h3-10,12,18,23-25,27,33,50,53H,11,13-17,19-22,26,28H2,1-2H3,(H,51,52)(H,54,57);1-2H3. The molecule has 17 heteroatoms. The molecule has 2 fully saturated rings. The fourth-order valence-corrected chi connectivity index (χ4v) is 10.1. The molecule has 3 aliphatic rings. The third-order valence-electron chi connectivity index (χ3n) is 11.9. The average molecular weight is 939 g/mol. The predicted molar refractivity (Wildman–Crippen MR) is 251 cm³/mol. The van der Waals surface area contributed by atoms with Gasteiger partial charge in [0.2, 0.25) is 0 Å². The van der Waals surface area contributed by atoms with Gasteiger partial charge < -0.3 is 25.3 Å². The van der Waals surface area contributed by atoms with E-state index >= 15 is 0 Å². The van der Waals surface area contributed by atoms with Gasteiger partial charge in [0.25, 0.3) is 15.7 Å². The Hall–Kier alpha value is -4.74. The minimum absolute atomic E-state index is 0.101. The second-order valence-electron chi connectivity index (χ2n) is 16.9. The number of fused-ring (bicyclic) bond motifs is 1. The highest BCUT2D eigenvalue weighted by atomic mass is 35.5. The number of rotatable bonds is 12. The number of aromatic nitrogens is 2. The molecular weight excluding hydrogens is 883 g/mol. The number of sulfone groups is 1. The molecule has 11 nitrogen and oxygen atoms in total. The van der Waals surface area contributed by atoms with E-state index in [1.54, 1.807) is 18.5 Å². The molecule has 1 aliphatic carbocycles. The number of pyridine rings is 1. The van der Waals surface area contributed by atoms with Crippen molar-refractivity contribution in [3.05, 3.63) is 107 Å². The van der Waals surface area contributed by atoms with E-state index in [0.717, 1.165) is 74.1 Å². The first-order chi connectivity index (χ1) is 30.6. The molecule has 0 atom stereocenters. The summed E-state index contributed by atoms with van der Waals surface area (Å²) in [5, 5.41) is 7.72. The maximum atomic E-state index is 13.9. The number of alkyl halides is 3. The van der Waals surface area contributed by atoms with Crippen LogP contribution in [0, 0.1) is 5.41 Å². The molecule has 4 heterocycles. The first kappa shape index (κ1) is 47.2. The van der Waals surface area contributed by atoms with Crippen molar-refractivity contribution < 1.29 is 31.1 Å². The van der Waals surface area contributed by atoms with Gasteiger partial charge in [-0.3, -0.25) is 14.4 Å². The first-order valence-corrected chi connectivity index (χ1v) is 24.4. The van der Waals surface area contributed by atoms with E-state index in [-0.39, 0.29) is 33.4 Å². The van der Waals surface area contributed by atoms with E-state index in [1.807, 2.05) is 50.2 Å². The van der Waals surface area contributed by atoms with Gasteiger partial charge in [-0.2, -0.15) is 13.2 Å². The van der Waals surface area contributed by atoms with E-state index in [4.69, 9.17) is 16.3 Å². The van der Waals surface area contributed by atoms with Crippen LogP contribution in [0.5, 0.6) is 11.5 Å². The molecule has 342 valence electrons. The van der Waals surface area contributed by atoms with Gasteiger partial charge in [0.1, 0.15) is 22.0 Å². The number of carbonyl (C=O) groups is 1. The Labute approximate surface area is 382 Å². The summed E-state index contributed by atoms with van der Waals surface area (Å²) in [5.41, 5.74) is 0.389. The smallest absolute Gasteiger partial charge is 0.455 e. The van der Waals surface area contributed by atoms with Crippen LogP contribution in [0.1, 0.15) is 75.7 Å². The second-order valence-corrected chi connectivity index (χ2v) is 20.1. The number of nitrogens with one attached hydrogen (secondary N) is 4. The maximum absolute atomic E-state index is 13.9. The highest BCUT2D eigenvalue weighted by molar-refractivity contribution is 7.98.